The Morgan fingerprint density at radius 3 is 0.672 bits per heavy atom. The summed E-state index contributed by atoms with van der Waals surface area (Å²) in [5.41, 5.74) is -0.654. The molecule has 0 saturated heterocycles. The minimum absolute atomic E-state index is 0.0416. The zero-order valence-corrected chi connectivity index (χ0v) is 47.7. The van der Waals surface area contributed by atoms with Crippen LogP contribution in [0.15, 0.2) is 0 Å². The van der Waals surface area contributed by atoms with Crippen LogP contribution in [0.5, 0.6) is 0 Å². The monoisotopic (exact) mass is 1010 g/mol. The molecule has 1 amide bonds. The van der Waals surface area contributed by atoms with Gasteiger partial charge in [-0.25, -0.2) is 0 Å². The molecule has 67 heavy (non-hydrogen) atoms. The van der Waals surface area contributed by atoms with Crippen LogP contribution in [0.3, 0.4) is 0 Å². The second kappa shape index (κ2) is 58.4. The molecule has 0 aliphatic heterocycles. The zero-order valence-electron chi connectivity index (χ0n) is 46.1. The zero-order chi connectivity index (χ0) is 48.5. The third-order valence-corrected chi connectivity index (χ3v) is 14.7. The van der Waals surface area contributed by atoms with Crippen molar-refractivity contribution in [3.05, 3.63) is 0 Å². The molecule has 0 aromatic rings. The molecule has 402 valence electrons. The standard InChI is InChI=1S/C61H122BrNO4/c1-4-7-10-13-16-19-22-25-28-31-34-37-40-43-46-49-54-65-57-61(63-60(64)52-53-62,58-66-55-50-47-44-41-38-35-32-29-26-23-20-17-14-11-8-5-2)59-67-56-51-48-45-42-39-36-33-30-27-24-21-18-15-12-9-6-3/h4-59H2,1-3H3,(H,63,64). The number of carbonyl (C=O) groups is 1. The van der Waals surface area contributed by atoms with E-state index >= 15 is 0 Å². The van der Waals surface area contributed by atoms with Gasteiger partial charge in [-0.1, -0.05) is 326 Å². The Hall–Kier alpha value is -0.170. The Morgan fingerprint density at radius 2 is 0.493 bits per heavy atom. The summed E-state index contributed by atoms with van der Waals surface area (Å²) in [5.74, 6) is 0.0416. The summed E-state index contributed by atoms with van der Waals surface area (Å²) in [4.78, 5) is 13.1. The third-order valence-electron chi connectivity index (χ3n) is 14.3. The van der Waals surface area contributed by atoms with E-state index in [0.29, 0.717) is 31.6 Å². The minimum atomic E-state index is -0.654. The largest absolute Gasteiger partial charge is 0.379 e. The second-order valence-electron chi connectivity index (χ2n) is 21.3. The normalized spacial score (nSPS) is 11.9. The van der Waals surface area contributed by atoms with E-state index in [9.17, 15) is 4.79 Å². The van der Waals surface area contributed by atoms with Crippen LogP contribution in [0.1, 0.15) is 335 Å². The number of halogens is 1. The van der Waals surface area contributed by atoms with Gasteiger partial charge in [-0.05, 0) is 19.3 Å². The highest BCUT2D eigenvalue weighted by Crippen LogP contribution is 2.18. The molecule has 6 heteroatoms. The number of ether oxygens (including phenoxy) is 3. The SMILES string of the molecule is CCCCCCCCCCCCCCCCCCOCC(COCCCCCCCCCCCCCCCCCC)(COCCCCCCCCCCCCCCCCCC)NC(=O)CCBr. The molecule has 0 spiro atoms. The van der Waals surface area contributed by atoms with E-state index in [1.165, 1.54) is 289 Å². The molecular formula is C61H122BrNO4. The minimum Gasteiger partial charge on any atom is -0.379 e. The maximum atomic E-state index is 13.1. The van der Waals surface area contributed by atoms with Gasteiger partial charge in [0.2, 0.25) is 5.91 Å². The van der Waals surface area contributed by atoms with Crippen molar-refractivity contribution in [2.24, 2.45) is 0 Å². The number of carbonyl (C=O) groups excluding carboxylic acids is 1. The lowest BCUT2D eigenvalue weighted by Crippen LogP contribution is -2.58. The van der Waals surface area contributed by atoms with Crippen LogP contribution in [-0.4, -0.2) is 56.4 Å². The van der Waals surface area contributed by atoms with E-state index in [2.05, 4.69) is 42.0 Å². The first-order chi connectivity index (χ1) is 33.1. The highest BCUT2D eigenvalue weighted by Gasteiger charge is 2.33. The highest BCUT2D eigenvalue weighted by molar-refractivity contribution is 9.09. The van der Waals surface area contributed by atoms with Gasteiger partial charge in [-0.3, -0.25) is 4.79 Å². The van der Waals surface area contributed by atoms with Gasteiger partial charge < -0.3 is 19.5 Å². The van der Waals surface area contributed by atoms with E-state index in [0.717, 1.165) is 39.1 Å². The van der Waals surface area contributed by atoms with Crippen molar-refractivity contribution in [1.82, 2.24) is 5.32 Å². The molecule has 5 nitrogen and oxygen atoms in total. The first kappa shape index (κ1) is 66.8. The lowest BCUT2D eigenvalue weighted by molar-refractivity contribution is -0.127. The number of hydrogen-bond donors (Lipinski definition) is 1. The molecule has 0 unspecified atom stereocenters. The maximum Gasteiger partial charge on any atom is 0.221 e. The van der Waals surface area contributed by atoms with Gasteiger partial charge in [0.05, 0.1) is 19.8 Å². The van der Waals surface area contributed by atoms with Crippen LogP contribution in [-0.2, 0) is 19.0 Å². The molecule has 0 aromatic heterocycles. The van der Waals surface area contributed by atoms with Crippen molar-refractivity contribution in [2.75, 3.05) is 45.0 Å². The Labute approximate surface area is 430 Å². The van der Waals surface area contributed by atoms with Crippen LogP contribution in [0.2, 0.25) is 0 Å². The molecule has 0 radical (unpaired) electrons. The summed E-state index contributed by atoms with van der Waals surface area (Å²) in [6.45, 7) is 10.4. The quantitative estimate of drug-likeness (QED) is 0.0487. The van der Waals surface area contributed by atoms with Gasteiger partial charge >= 0.3 is 0 Å². The van der Waals surface area contributed by atoms with Crippen LogP contribution in [0.25, 0.3) is 0 Å². The van der Waals surface area contributed by atoms with Crippen molar-refractivity contribution in [1.29, 1.82) is 0 Å². The number of nitrogens with one attached hydrogen (secondary N) is 1. The molecular weight excluding hydrogens is 891 g/mol. The molecule has 1 N–H and O–H groups in total. The van der Waals surface area contributed by atoms with Crippen LogP contribution >= 0.6 is 15.9 Å². The van der Waals surface area contributed by atoms with Crippen LogP contribution in [0.4, 0.5) is 0 Å². The van der Waals surface area contributed by atoms with Gasteiger partial charge in [0, 0.05) is 31.6 Å². The van der Waals surface area contributed by atoms with Gasteiger partial charge in [-0.2, -0.15) is 0 Å². The molecule has 0 aliphatic carbocycles. The average Bonchev–Trinajstić information content (AvgIpc) is 3.33. The number of amides is 1. The summed E-state index contributed by atoms with van der Waals surface area (Å²) in [5, 5.41) is 4.01. The summed E-state index contributed by atoms with van der Waals surface area (Å²) < 4.78 is 19.2. The third kappa shape index (κ3) is 53.5. The molecule has 0 saturated carbocycles. The van der Waals surface area contributed by atoms with Gasteiger partial charge in [0.15, 0.2) is 0 Å². The number of unbranched alkanes of at least 4 members (excludes halogenated alkanes) is 45. The van der Waals surface area contributed by atoms with Crippen LogP contribution in [0, 0.1) is 0 Å². The van der Waals surface area contributed by atoms with Gasteiger partial charge in [0.25, 0.3) is 0 Å². The maximum absolute atomic E-state index is 13.1. The predicted molar refractivity (Wildman–Crippen MR) is 300 cm³/mol. The summed E-state index contributed by atoms with van der Waals surface area (Å²) in [6, 6.07) is 0. The fraction of sp³-hybridized carbons (Fsp3) is 0.984. The Kier molecular flexibility index (Phi) is 58.3. The van der Waals surface area contributed by atoms with Crippen molar-refractivity contribution in [3.8, 4) is 0 Å². The van der Waals surface area contributed by atoms with Gasteiger partial charge in [0.1, 0.15) is 5.54 Å². The lowest BCUT2D eigenvalue weighted by atomic mass is 10.0. The van der Waals surface area contributed by atoms with E-state index in [1.54, 1.807) is 0 Å². The fourth-order valence-corrected chi connectivity index (χ4v) is 10.1. The lowest BCUT2D eigenvalue weighted by Gasteiger charge is -2.34. The van der Waals surface area contributed by atoms with E-state index in [4.69, 9.17) is 14.2 Å². The number of alkyl halides is 1. The number of hydrogen-bond acceptors (Lipinski definition) is 4. The molecule has 0 rings (SSSR count). The second-order valence-corrected chi connectivity index (χ2v) is 22.1. The molecule has 0 aliphatic rings. The predicted octanol–water partition coefficient (Wildman–Crippen LogP) is 20.5. The first-order valence-electron chi connectivity index (χ1n) is 30.7. The Balaban J connectivity index is 4.57. The van der Waals surface area contributed by atoms with Crippen molar-refractivity contribution in [3.63, 3.8) is 0 Å². The molecule has 0 atom stereocenters. The Morgan fingerprint density at radius 1 is 0.313 bits per heavy atom. The first-order valence-corrected chi connectivity index (χ1v) is 31.9. The van der Waals surface area contributed by atoms with Gasteiger partial charge in [-0.15, -0.1) is 0 Å². The summed E-state index contributed by atoms with van der Waals surface area (Å²) in [6.07, 6.45) is 66.1. The molecule has 0 bridgehead atoms. The molecule has 0 heterocycles. The van der Waals surface area contributed by atoms with Crippen molar-refractivity contribution in [2.45, 2.75) is 341 Å². The average molecular weight is 1010 g/mol. The fourth-order valence-electron chi connectivity index (χ4n) is 9.74. The number of rotatable bonds is 60. The topological polar surface area (TPSA) is 56.8 Å². The highest BCUT2D eigenvalue weighted by atomic mass is 79.9. The smallest absolute Gasteiger partial charge is 0.221 e. The Bertz CT molecular complexity index is 821. The van der Waals surface area contributed by atoms with Crippen molar-refractivity contribution < 1.29 is 19.0 Å². The van der Waals surface area contributed by atoms with Crippen LogP contribution < -0.4 is 5.32 Å². The van der Waals surface area contributed by atoms with E-state index in [-0.39, 0.29) is 5.91 Å². The summed E-state index contributed by atoms with van der Waals surface area (Å²) in [7, 11) is 0. The van der Waals surface area contributed by atoms with E-state index in [1.807, 2.05) is 0 Å². The molecule has 0 fully saturated rings. The summed E-state index contributed by atoms with van der Waals surface area (Å²) >= 11 is 3.49. The van der Waals surface area contributed by atoms with E-state index < -0.39 is 5.54 Å². The van der Waals surface area contributed by atoms with Crippen molar-refractivity contribution >= 4 is 21.8 Å². The molecule has 0 aromatic carbocycles.